The maximum atomic E-state index is 11.8. The molecule has 0 aliphatic carbocycles. The van der Waals surface area contributed by atoms with Gasteiger partial charge >= 0.3 is 6.09 Å². The van der Waals surface area contributed by atoms with Gasteiger partial charge in [0, 0.05) is 0 Å². The second kappa shape index (κ2) is 8.40. The molecule has 0 fully saturated rings. The molecule has 1 N–H and O–H groups in total. The van der Waals surface area contributed by atoms with E-state index in [9.17, 15) is 9.59 Å². The molecule has 0 aromatic carbocycles. The van der Waals surface area contributed by atoms with Crippen molar-refractivity contribution >= 4 is 23.0 Å². The van der Waals surface area contributed by atoms with E-state index in [2.05, 4.69) is 12.2 Å². The van der Waals surface area contributed by atoms with Crippen LogP contribution in [-0.4, -0.2) is 28.6 Å². The number of unbranched alkanes of at least 4 members (excludes halogenated alkanes) is 1. The quantitative estimate of drug-likeness (QED) is 0.807. The molecule has 0 aromatic heterocycles. The zero-order valence-corrected chi connectivity index (χ0v) is 12.9. The fourth-order valence-corrected chi connectivity index (χ4v) is 2.01. The Labute approximate surface area is 114 Å². The van der Waals surface area contributed by atoms with Gasteiger partial charge in [0.2, 0.25) is 5.12 Å². The summed E-state index contributed by atoms with van der Waals surface area (Å²) in [5.41, 5.74) is -0.541. The summed E-state index contributed by atoms with van der Waals surface area (Å²) in [7, 11) is 0. The highest BCUT2D eigenvalue weighted by Crippen LogP contribution is 2.13. The highest BCUT2D eigenvalue weighted by molar-refractivity contribution is 8.13. The summed E-state index contributed by atoms with van der Waals surface area (Å²) in [5, 5.41) is 2.67. The molecule has 1 amide bonds. The van der Waals surface area contributed by atoms with E-state index in [1.807, 2.05) is 6.92 Å². The van der Waals surface area contributed by atoms with E-state index >= 15 is 0 Å². The van der Waals surface area contributed by atoms with Crippen LogP contribution in [0.4, 0.5) is 4.79 Å². The summed E-state index contributed by atoms with van der Waals surface area (Å²) in [4.78, 5) is 23.5. The van der Waals surface area contributed by atoms with Crippen molar-refractivity contribution in [3.63, 3.8) is 0 Å². The average Bonchev–Trinajstić information content (AvgIpc) is 2.21. The first-order valence-corrected chi connectivity index (χ1v) is 7.44. The molecule has 18 heavy (non-hydrogen) atoms. The minimum atomic E-state index is -0.541. The third-order valence-corrected chi connectivity index (χ3v) is 2.97. The maximum Gasteiger partial charge on any atom is 0.408 e. The van der Waals surface area contributed by atoms with Crippen LogP contribution in [-0.2, 0) is 9.53 Å². The van der Waals surface area contributed by atoms with Gasteiger partial charge < -0.3 is 10.1 Å². The summed E-state index contributed by atoms with van der Waals surface area (Å²) < 4.78 is 5.16. The lowest BCUT2D eigenvalue weighted by Crippen LogP contribution is -2.42. The minimum absolute atomic E-state index is 0.0109. The van der Waals surface area contributed by atoms with Crippen LogP contribution in [0, 0.1) is 0 Å². The Bertz CT molecular complexity index is 274. The third-order valence-electron chi connectivity index (χ3n) is 2.11. The number of nitrogens with one attached hydrogen (secondary N) is 1. The number of hydrogen-bond acceptors (Lipinski definition) is 4. The number of ether oxygens (including phenoxy) is 1. The van der Waals surface area contributed by atoms with Crippen molar-refractivity contribution in [2.24, 2.45) is 0 Å². The van der Waals surface area contributed by atoms with E-state index in [-0.39, 0.29) is 5.12 Å². The Morgan fingerprint density at radius 2 is 1.89 bits per heavy atom. The predicted molar refractivity (Wildman–Crippen MR) is 75.8 cm³/mol. The molecule has 106 valence electrons. The second-order valence-corrected chi connectivity index (χ2v) is 6.36. The van der Waals surface area contributed by atoms with Gasteiger partial charge in [-0.3, -0.25) is 4.79 Å². The predicted octanol–water partition coefficient (Wildman–Crippen LogP) is 3.35. The van der Waals surface area contributed by atoms with E-state index in [0.717, 1.165) is 18.6 Å². The first-order chi connectivity index (χ1) is 8.30. The van der Waals surface area contributed by atoms with Crippen molar-refractivity contribution < 1.29 is 14.3 Å². The molecule has 0 aliphatic heterocycles. The highest BCUT2D eigenvalue weighted by Gasteiger charge is 2.23. The van der Waals surface area contributed by atoms with Gasteiger partial charge in [0.25, 0.3) is 0 Å². The van der Waals surface area contributed by atoms with Crippen LogP contribution in [0.2, 0.25) is 0 Å². The van der Waals surface area contributed by atoms with E-state index < -0.39 is 17.7 Å². The Morgan fingerprint density at radius 1 is 1.28 bits per heavy atom. The smallest absolute Gasteiger partial charge is 0.408 e. The summed E-state index contributed by atoms with van der Waals surface area (Å²) >= 11 is 1.24. The van der Waals surface area contributed by atoms with E-state index in [0.29, 0.717) is 6.42 Å². The van der Waals surface area contributed by atoms with Gasteiger partial charge in [0.1, 0.15) is 11.6 Å². The van der Waals surface area contributed by atoms with Crippen molar-refractivity contribution in [3.8, 4) is 0 Å². The summed E-state index contributed by atoms with van der Waals surface area (Å²) in [5.74, 6) is 0.720. The first-order valence-electron chi connectivity index (χ1n) is 6.46. The van der Waals surface area contributed by atoms with Crippen LogP contribution in [0.25, 0.3) is 0 Å². The number of hydrogen-bond donors (Lipinski definition) is 1. The molecule has 0 saturated heterocycles. The van der Waals surface area contributed by atoms with Crippen molar-refractivity contribution in [3.05, 3.63) is 0 Å². The molecule has 0 saturated carbocycles. The Balaban J connectivity index is 4.39. The van der Waals surface area contributed by atoms with Crippen molar-refractivity contribution in [2.45, 2.75) is 65.5 Å². The van der Waals surface area contributed by atoms with Gasteiger partial charge in [-0.05, 0) is 32.9 Å². The van der Waals surface area contributed by atoms with Crippen LogP contribution in [0.3, 0.4) is 0 Å². The fourth-order valence-electron chi connectivity index (χ4n) is 1.35. The molecule has 4 nitrogen and oxygen atoms in total. The minimum Gasteiger partial charge on any atom is -0.444 e. The van der Waals surface area contributed by atoms with Crippen molar-refractivity contribution in [2.75, 3.05) is 5.75 Å². The summed E-state index contributed by atoms with van der Waals surface area (Å²) in [6.07, 6.45) is 2.06. The molecule has 0 rings (SSSR count). The largest absolute Gasteiger partial charge is 0.444 e. The number of thioether (sulfide) groups is 1. The molecular weight excluding hydrogens is 250 g/mol. The first kappa shape index (κ1) is 17.3. The highest BCUT2D eigenvalue weighted by atomic mass is 32.2. The molecule has 0 bridgehead atoms. The third kappa shape index (κ3) is 8.39. The molecule has 1 atom stereocenters. The lowest BCUT2D eigenvalue weighted by atomic mass is 10.1. The molecule has 5 heteroatoms. The SMILES string of the molecule is CCCCC(NC(=O)OC(C)(C)C)C(=O)SCC. The van der Waals surface area contributed by atoms with Crippen LogP contribution in [0.5, 0.6) is 0 Å². The molecule has 0 heterocycles. The zero-order valence-electron chi connectivity index (χ0n) is 12.0. The van der Waals surface area contributed by atoms with Gasteiger partial charge in [-0.15, -0.1) is 0 Å². The van der Waals surface area contributed by atoms with Crippen LogP contribution in [0.15, 0.2) is 0 Å². The molecule has 0 spiro atoms. The van der Waals surface area contributed by atoms with E-state index in [1.165, 1.54) is 11.8 Å². The van der Waals surface area contributed by atoms with Crippen LogP contribution < -0.4 is 5.32 Å². The standard InChI is InChI=1S/C13H25NO3S/c1-6-8-9-10(11(15)18-7-2)14-12(16)17-13(3,4)5/h10H,6-9H2,1-5H3,(H,14,16). The Morgan fingerprint density at radius 3 is 2.33 bits per heavy atom. The second-order valence-electron chi connectivity index (χ2n) is 5.09. The van der Waals surface area contributed by atoms with E-state index in [4.69, 9.17) is 4.74 Å². The van der Waals surface area contributed by atoms with E-state index in [1.54, 1.807) is 20.8 Å². The molecular formula is C13H25NO3S. The van der Waals surface area contributed by atoms with Crippen molar-refractivity contribution in [1.82, 2.24) is 5.32 Å². The monoisotopic (exact) mass is 275 g/mol. The zero-order chi connectivity index (χ0) is 14.2. The Hall–Kier alpha value is -0.710. The normalized spacial score (nSPS) is 12.9. The number of rotatable bonds is 6. The van der Waals surface area contributed by atoms with Crippen LogP contribution >= 0.6 is 11.8 Å². The number of alkyl carbamates (subject to hydrolysis) is 1. The van der Waals surface area contributed by atoms with Gasteiger partial charge in [-0.1, -0.05) is 38.5 Å². The molecule has 0 aromatic rings. The molecule has 1 unspecified atom stereocenters. The fraction of sp³-hybridized carbons (Fsp3) is 0.846. The Kier molecular flexibility index (Phi) is 8.07. The number of carbonyl (C=O) groups excluding carboxylic acids is 2. The molecule has 0 radical (unpaired) electrons. The summed E-state index contributed by atoms with van der Waals surface area (Å²) in [6.45, 7) is 9.39. The van der Waals surface area contributed by atoms with Crippen molar-refractivity contribution in [1.29, 1.82) is 0 Å². The molecule has 0 aliphatic rings. The number of carbonyl (C=O) groups is 2. The van der Waals surface area contributed by atoms with Gasteiger partial charge in [0.05, 0.1) is 0 Å². The maximum absolute atomic E-state index is 11.8. The average molecular weight is 275 g/mol. The van der Waals surface area contributed by atoms with Gasteiger partial charge in [-0.2, -0.15) is 0 Å². The van der Waals surface area contributed by atoms with Gasteiger partial charge in [0.15, 0.2) is 0 Å². The van der Waals surface area contributed by atoms with Gasteiger partial charge in [-0.25, -0.2) is 4.79 Å². The number of amides is 1. The topological polar surface area (TPSA) is 55.4 Å². The van der Waals surface area contributed by atoms with Crippen LogP contribution in [0.1, 0.15) is 53.9 Å². The lowest BCUT2D eigenvalue weighted by Gasteiger charge is -2.22. The lowest BCUT2D eigenvalue weighted by molar-refractivity contribution is -0.113. The summed E-state index contributed by atoms with van der Waals surface area (Å²) in [6, 6.07) is -0.440.